The molecule has 2 aromatic carbocycles. The second-order valence-corrected chi connectivity index (χ2v) is 11.6. The lowest BCUT2D eigenvalue weighted by Crippen LogP contribution is -2.51. The number of sulfone groups is 1. The number of rotatable bonds is 7. The molecular weight excluding hydrogens is 490 g/mol. The third kappa shape index (κ3) is 5.40. The molecule has 1 N–H and O–H groups in total. The Kier molecular flexibility index (Phi) is 7.29. The first kappa shape index (κ1) is 25.0. The topological polar surface area (TPSA) is 113 Å². The van der Waals surface area contributed by atoms with Gasteiger partial charge in [-0.05, 0) is 54.8 Å². The van der Waals surface area contributed by atoms with E-state index in [-0.39, 0.29) is 22.6 Å². The van der Waals surface area contributed by atoms with E-state index in [4.69, 9.17) is 0 Å². The van der Waals surface area contributed by atoms with Crippen molar-refractivity contribution in [2.75, 3.05) is 31.1 Å². The summed E-state index contributed by atoms with van der Waals surface area (Å²) in [5.74, 6) is 0.131. The summed E-state index contributed by atoms with van der Waals surface area (Å²) in [4.78, 5) is 29.3. The molecule has 0 bridgehead atoms. The summed E-state index contributed by atoms with van der Waals surface area (Å²) in [6.07, 6.45) is 2.64. The summed E-state index contributed by atoms with van der Waals surface area (Å²) in [5, 5.41) is 10.5. The van der Waals surface area contributed by atoms with Crippen LogP contribution in [0.15, 0.2) is 77.8 Å². The van der Waals surface area contributed by atoms with Crippen molar-refractivity contribution >= 4 is 33.2 Å². The predicted molar refractivity (Wildman–Crippen MR) is 139 cm³/mol. The van der Waals surface area contributed by atoms with E-state index < -0.39 is 15.1 Å². The van der Waals surface area contributed by atoms with Gasteiger partial charge in [-0.3, -0.25) is 14.5 Å². The van der Waals surface area contributed by atoms with Crippen molar-refractivity contribution in [3.05, 3.63) is 78.5 Å². The number of carbonyl (C=O) groups is 2. The third-order valence-electron chi connectivity index (χ3n) is 6.99. The van der Waals surface area contributed by atoms with E-state index in [1.165, 1.54) is 11.1 Å². The zero-order valence-corrected chi connectivity index (χ0v) is 21.2. The van der Waals surface area contributed by atoms with Crippen LogP contribution in [0.5, 0.6) is 0 Å². The maximum Gasteiger partial charge on any atom is 0.238 e. The molecule has 1 aromatic heterocycles. The van der Waals surface area contributed by atoms with Crippen molar-refractivity contribution in [2.24, 2.45) is 5.92 Å². The van der Waals surface area contributed by atoms with E-state index in [9.17, 15) is 18.0 Å². The average molecular weight is 520 g/mol. The number of benzene rings is 2. The van der Waals surface area contributed by atoms with Gasteiger partial charge in [-0.25, -0.2) is 8.42 Å². The highest BCUT2D eigenvalue weighted by molar-refractivity contribution is 7.92. The fourth-order valence-electron chi connectivity index (χ4n) is 4.71. The van der Waals surface area contributed by atoms with Gasteiger partial charge in [0.05, 0.1) is 28.2 Å². The van der Waals surface area contributed by atoms with Crippen LogP contribution >= 0.6 is 0 Å². The van der Waals surface area contributed by atoms with Crippen molar-refractivity contribution in [2.45, 2.75) is 29.4 Å². The highest BCUT2D eigenvalue weighted by atomic mass is 32.2. The minimum Gasteiger partial charge on any atom is -0.342 e. The quantitative estimate of drug-likeness (QED) is 0.510. The molecule has 2 aliphatic rings. The Labute approximate surface area is 216 Å². The van der Waals surface area contributed by atoms with Gasteiger partial charge in [0.2, 0.25) is 11.8 Å². The lowest BCUT2D eigenvalue weighted by atomic mass is 10.0. The Hall–Kier alpha value is -3.63. The molecule has 3 aromatic rings. The Morgan fingerprint density at radius 1 is 0.946 bits per heavy atom. The molecule has 2 fully saturated rings. The predicted octanol–water partition coefficient (Wildman–Crippen LogP) is 2.37. The van der Waals surface area contributed by atoms with Crippen molar-refractivity contribution < 1.29 is 18.0 Å². The second-order valence-electron chi connectivity index (χ2n) is 9.39. The molecule has 2 saturated heterocycles. The second kappa shape index (κ2) is 10.8. The highest BCUT2D eigenvalue weighted by Crippen LogP contribution is 2.30. The first-order chi connectivity index (χ1) is 17.9. The van der Waals surface area contributed by atoms with Crippen LogP contribution in [0.25, 0.3) is 0 Å². The molecular formula is C27H29N5O4S. The third-order valence-corrected chi connectivity index (χ3v) is 9.27. The van der Waals surface area contributed by atoms with Gasteiger partial charge < -0.3 is 10.2 Å². The van der Waals surface area contributed by atoms with Crippen LogP contribution in [0.4, 0.5) is 11.5 Å². The van der Waals surface area contributed by atoms with Gasteiger partial charge in [0, 0.05) is 32.4 Å². The van der Waals surface area contributed by atoms with Crippen molar-refractivity contribution in [1.82, 2.24) is 20.4 Å². The maximum absolute atomic E-state index is 13.4. The SMILES string of the molecule is O=C(Cc1ccccc1)N1CCC(S(=O)(=O)c2ccc(N(C(=O)C3CNC3)c3cccnn3)cc2)CC1. The monoisotopic (exact) mass is 519 g/mol. The number of carbonyl (C=O) groups excluding carboxylic acids is 2. The summed E-state index contributed by atoms with van der Waals surface area (Å²) in [6.45, 7) is 2.01. The zero-order valence-electron chi connectivity index (χ0n) is 20.4. The summed E-state index contributed by atoms with van der Waals surface area (Å²) >= 11 is 0. The van der Waals surface area contributed by atoms with Crippen LogP contribution in [0.1, 0.15) is 18.4 Å². The normalized spacial score (nSPS) is 16.7. The number of nitrogens with one attached hydrogen (secondary N) is 1. The van der Waals surface area contributed by atoms with E-state index in [0.717, 1.165) is 5.56 Å². The van der Waals surface area contributed by atoms with E-state index in [1.54, 1.807) is 41.3 Å². The largest absolute Gasteiger partial charge is 0.342 e. The summed E-state index contributed by atoms with van der Waals surface area (Å²) in [6, 6.07) is 19.3. The number of hydrogen-bond acceptors (Lipinski definition) is 7. The van der Waals surface area contributed by atoms with Gasteiger partial charge in [0.25, 0.3) is 0 Å². The lowest BCUT2D eigenvalue weighted by Gasteiger charge is -2.32. The van der Waals surface area contributed by atoms with Gasteiger partial charge in [-0.1, -0.05) is 30.3 Å². The molecule has 9 nitrogen and oxygen atoms in total. The first-order valence-electron chi connectivity index (χ1n) is 12.4. The molecule has 3 heterocycles. The van der Waals surface area contributed by atoms with Crippen LogP contribution in [-0.2, 0) is 25.8 Å². The van der Waals surface area contributed by atoms with Crippen molar-refractivity contribution in [3.8, 4) is 0 Å². The smallest absolute Gasteiger partial charge is 0.238 e. The Morgan fingerprint density at radius 2 is 1.65 bits per heavy atom. The number of hydrogen-bond donors (Lipinski definition) is 1. The van der Waals surface area contributed by atoms with Crippen molar-refractivity contribution in [1.29, 1.82) is 0 Å². The van der Waals surface area contributed by atoms with E-state index in [1.807, 2.05) is 30.3 Å². The molecule has 0 radical (unpaired) electrons. The molecule has 2 aliphatic heterocycles. The van der Waals surface area contributed by atoms with Gasteiger partial charge in [0.15, 0.2) is 15.7 Å². The van der Waals surface area contributed by atoms with Crippen LogP contribution in [-0.4, -0.2) is 66.8 Å². The van der Waals surface area contributed by atoms with E-state index in [0.29, 0.717) is 56.9 Å². The van der Waals surface area contributed by atoms with Gasteiger partial charge in [-0.15, -0.1) is 5.10 Å². The van der Waals surface area contributed by atoms with Gasteiger partial charge >= 0.3 is 0 Å². The van der Waals surface area contributed by atoms with Crippen LogP contribution in [0.3, 0.4) is 0 Å². The van der Waals surface area contributed by atoms with Crippen LogP contribution < -0.4 is 10.2 Å². The maximum atomic E-state index is 13.4. The minimum absolute atomic E-state index is 0.0156. The standard InChI is InChI=1S/C27H29N5O4S/c33-26(17-20-5-2-1-3-6-20)31-15-12-24(13-16-31)37(35,36)23-10-8-22(9-11-23)32(25-7-4-14-29-30-25)27(34)21-18-28-19-21/h1-11,14,21,24,28H,12-13,15-19H2. The number of piperidine rings is 1. The molecule has 0 spiro atoms. The summed E-state index contributed by atoms with van der Waals surface area (Å²) in [7, 11) is -3.59. The van der Waals surface area contributed by atoms with Gasteiger partial charge in [0.1, 0.15) is 0 Å². The lowest BCUT2D eigenvalue weighted by molar-refractivity contribution is -0.131. The molecule has 0 atom stereocenters. The first-order valence-corrected chi connectivity index (χ1v) is 14.0. The van der Waals surface area contributed by atoms with E-state index >= 15 is 0 Å². The Balaban J connectivity index is 1.27. The Bertz CT molecular complexity index is 1340. The fraction of sp³-hybridized carbons (Fsp3) is 0.333. The number of anilines is 2. The molecule has 0 aliphatic carbocycles. The zero-order chi connectivity index (χ0) is 25.8. The molecule has 10 heteroatoms. The number of aromatic nitrogens is 2. The summed E-state index contributed by atoms with van der Waals surface area (Å²) in [5.41, 5.74) is 1.49. The molecule has 192 valence electrons. The number of likely N-dealkylation sites (tertiary alicyclic amines) is 1. The van der Waals surface area contributed by atoms with Gasteiger partial charge in [-0.2, -0.15) is 5.10 Å². The Morgan fingerprint density at radius 3 is 2.24 bits per heavy atom. The molecule has 5 rings (SSSR count). The van der Waals surface area contributed by atoms with Crippen molar-refractivity contribution in [3.63, 3.8) is 0 Å². The number of amides is 2. The summed E-state index contributed by atoms with van der Waals surface area (Å²) < 4.78 is 26.8. The van der Waals surface area contributed by atoms with Crippen LogP contribution in [0.2, 0.25) is 0 Å². The fourth-order valence-corrected chi connectivity index (χ4v) is 6.44. The molecule has 0 saturated carbocycles. The van der Waals surface area contributed by atoms with Crippen LogP contribution in [0, 0.1) is 5.92 Å². The highest BCUT2D eigenvalue weighted by Gasteiger charge is 2.34. The molecule has 37 heavy (non-hydrogen) atoms. The average Bonchev–Trinajstić information content (AvgIpc) is 2.89. The number of nitrogens with zero attached hydrogens (tertiary/aromatic N) is 4. The molecule has 0 unspecified atom stereocenters. The molecule has 2 amide bonds. The minimum atomic E-state index is -3.59. The van der Waals surface area contributed by atoms with E-state index in [2.05, 4.69) is 15.5 Å².